The minimum absolute atomic E-state index is 0.217. The first-order valence-corrected chi connectivity index (χ1v) is 5.80. The van der Waals surface area contributed by atoms with Gasteiger partial charge in [0.15, 0.2) is 6.10 Å². The molecular weight excluding hydrogens is 226 g/mol. The molecule has 2 atom stereocenters. The highest BCUT2D eigenvalue weighted by Crippen LogP contribution is 2.19. The van der Waals surface area contributed by atoms with Crippen LogP contribution in [0.15, 0.2) is 0 Å². The summed E-state index contributed by atoms with van der Waals surface area (Å²) in [6, 6.07) is 0. The summed E-state index contributed by atoms with van der Waals surface area (Å²) in [7, 11) is 1.64. The minimum atomic E-state index is -1.000. The van der Waals surface area contributed by atoms with E-state index in [-0.39, 0.29) is 5.91 Å². The van der Waals surface area contributed by atoms with Gasteiger partial charge >= 0.3 is 5.97 Å². The first kappa shape index (κ1) is 13.9. The van der Waals surface area contributed by atoms with Crippen LogP contribution in [0.5, 0.6) is 0 Å². The zero-order chi connectivity index (χ0) is 12.7. The molecule has 1 amide bonds. The fourth-order valence-corrected chi connectivity index (χ4v) is 1.71. The topological polar surface area (TPSA) is 84.9 Å². The van der Waals surface area contributed by atoms with Crippen molar-refractivity contribution < 1.29 is 24.2 Å². The Balaban J connectivity index is 2.14. The van der Waals surface area contributed by atoms with Crippen LogP contribution in [-0.4, -0.2) is 49.5 Å². The molecule has 6 nitrogen and oxygen atoms in total. The molecule has 0 aromatic heterocycles. The van der Waals surface area contributed by atoms with Crippen LogP contribution in [0.25, 0.3) is 0 Å². The SMILES string of the molecule is COCCCCNC(=O)C1CCC(C(=O)O)O1. The third kappa shape index (κ3) is 4.70. The lowest BCUT2D eigenvalue weighted by molar-refractivity contribution is -0.151. The maximum atomic E-state index is 11.6. The predicted octanol–water partition coefficient (Wildman–Crippen LogP) is 0.161. The average molecular weight is 245 g/mol. The summed E-state index contributed by atoms with van der Waals surface area (Å²) in [6.45, 7) is 1.25. The van der Waals surface area contributed by atoms with Crippen molar-refractivity contribution in [3.05, 3.63) is 0 Å². The van der Waals surface area contributed by atoms with Gasteiger partial charge in [-0.2, -0.15) is 0 Å². The Kier molecular flexibility index (Phi) is 5.93. The van der Waals surface area contributed by atoms with Gasteiger partial charge < -0.3 is 19.9 Å². The molecule has 17 heavy (non-hydrogen) atoms. The van der Waals surface area contributed by atoms with E-state index >= 15 is 0 Å². The van der Waals surface area contributed by atoms with Crippen molar-refractivity contribution in [2.24, 2.45) is 0 Å². The number of ether oxygens (including phenoxy) is 2. The van der Waals surface area contributed by atoms with Crippen molar-refractivity contribution >= 4 is 11.9 Å². The lowest BCUT2D eigenvalue weighted by atomic mass is 10.2. The summed E-state index contributed by atoms with van der Waals surface area (Å²) in [5.41, 5.74) is 0. The van der Waals surface area contributed by atoms with E-state index in [0.29, 0.717) is 26.0 Å². The van der Waals surface area contributed by atoms with Gasteiger partial charge in [-0.1, -0.05) is 0 Å². The van der Waals surface area contributed by atoms with Gasteiger partial charge in [-0.3, -0.25) is 4.79 Å². The number of amides is 1. The molecule has 6 heteroatoms. The van der Waals surface area contributed by atoms with E-state index in [2.05, 4.69) is 5.32 Å². The average Bonchev–Trinajstić information content (AvgIpc) is 2.78. The van der Waals surface area contributed by atoms with Crippen molar-refractivity contribution in [3.8, 4) is 0 Å². The van der Waals surface area contributed by atoms with Gasteiger partial charge in [-0.15, -0.1) is 0 Å². The fraction of sp³-hybridized carbons (Fsp3) is 0.818. The van der Waals surface area contributed by atoms with E-state index in [1.807, 2.05) is 0 Å². The van der Waals surface area contributed by atoms with Crippen LogP contribution in [0, 0.1) is 0 Å². The van der Waals surface area contributed by atoms with Crippen molar-refractivity contribution in [3.63, 3.8) is 0 Å². The van der Waals surface area contributed by atoms with Gasteiger partial charge in [0.1, 0.15) is 6.10 Å². The van der Waals surface area contributed by atoms with Gasteiger partial charge in [0.05, 0.1) is 0 Å². The van der Waals surface area contributed by atoms with Crippen LogP contribution in [0.1, 0.15) is 25.7 Å². The van der Waals surface area contributed by atoms with Gasteiger partial charge in [0.2, 0.25) is 5.91 Å². The van der Waals surface area contributed by atoms with Crippen molar-refractivity contribution in [1.82, 2.24) is 5.32 Å². The molecule has 0 radical (unpaired) electrons. The molecule has 1 aliphatic heterocycles. The Bertz CT molecular complexity index is 269. The molecule has 1 heterocycles. The summed E-state index contributed by atoms with van der Waals surface area (Å²) in [5, 5.41) is 11.4. The summed E-state index contributed by atoms with van der Waals surface area (Å²) >= 11 is 0. The molecule has 0 aliphatic carbocycles. The van der Waals surface area contributed by atoms with E-state index in [4.69, 9.17) is 14.6 Å². The number of hydrogen-bond acceptors (Lipinski definition) is 4. The predicted molar refractivity (Wildman–Crippen MR) is 59.7 cm³/mol. The Labute approximate surface area is 100 Å². The Morgan fingerprint density at radius 3 is 2.65 bits per heavy atom. The maximum absolute atomic E-state index is 11.6. The highest BCUT2D eigenvalue weighted by Gasteiger charge is 2.34. The normalized spacial score (nSPS) is 23.6. The molecule has 0 spiro atoms. The van der Waals surface area contributed by atoms with Crippen LogP contribution in [0.3, 0.4) is 0 Å². The largest absolute Gasteiger partial charge is 0.479 e. The second-order valence-corrected chi connectivity index (χ2v) is 4.02. The number of carbonyl (C=O) groups is 2. The number of rotatable bonds is 7. The number of carboxylic acid groups (broad SMARTS) is 1. The van der Waals surface area contributed by atoms with Crippen LogP contribution in [0.4, 0.5) is 0 Å². The second-order valence-electron chi connectivity index (χ2n) is 4.02. The molecule has 1 fully saturated rings. The molecule has 0 saturated carbocycles. The fourth-order valence-electron chi connectivity index (χ4n) is 1.71. The first-order valence-electron chi connectivity index (χ1n) is 5.80. The summed E-state index contributed by atoms with van der Waals surface area (Å²) in [6.07, 6.45) is 1.16. The van der Waals surface area contributed by atoms with E-state index in [1.54, 1.807) is 7.11 Å². The quantitative estimate of drug-likeness (QED) is 0.624. The summed E-state index contributed by atoms with van der Waals surface area (Å²) in [5.74, 6) is -1.22. The van der Waals surface area contributed by atoms with Crippen LogP contribution >= 0.6 is 0 Å². The molecule has 0 aromatic rings. The number of aliphatic carboxylic acids is 1. The molecular formula is C11H19NO5. The number of methoxy groups -OCH3 is 1. The van der Waals surface area contributed by atoms with Crippen LogP contribution < -0.4 is 5.32 Å². The third-order valence-electron chi connectivity index (χ3n) is 2.66. The Hall–Kier alpha value is -1.14. The second kappa shape index (κ2) is 7.24. The molecule has 2 unspecified atom stereocenters. The lowest BCUT2D eigenvalue weighted by Gasteiger charge is -2.11. The van der Waals surface area contributed by atoms with Crippen LogP contribution in [0.2, 0.25) is 0 Å². The van der Waals surface area contributed by atoms with Crippen molar-refractivity contribution in [1.29, 1.82) is 0 Å². The number of hydrogen-bond donors (Lipinski definition) is 2. The van der Waals surface area contributed by atoms with Gasteiger partial charge in [-0.25, -0.2) is 4.79 Å². The molecule has 2 N–H and O–H groups in total. The number of unbranched alkanes of at least 4 members (excludes halogenated alkanes) is 1. The molecule has 98 valence electrons. The van der Waals surface area contributed by atoms with Crippen molar-refractivity contribution in [2.75, 3.05) is 20.3 Å². The minimum Gasteiger partial charge on any atom is -0.479 e. The number of nitrogens with one attached hydrogen (secondary N) is 1. The van der Waals surface area contributed by atoms with Crippen molar-refractivity contribution in [2.45, 2.75) is 37.9 Å². The number of carbonyl (C=O) groups excluding carboxylic acids is 1. The van der Waals surface area contributed by atoms with Gasteiger partial charge in [0.25, 0.3) is 0 Å². The monoisotopic (exact) mass is 245 g/mol. The summed E-state index contributed by atoms with van der Waals surface area (Å²) in [4.78, 5) is 22.2. The third-order valence-corrected chi connectivity index (χ3v) is 2.66. The summed E-state index contributed by atoms with van der Waals surface area (Å²) < 4.78 is 10.0. The maximum Gasteiger partial charge on any atom is 0.332 e. The van der Waals surface area contributed by atoms with Gasteiger partial charge in [0, 0.05) is 20.3 Å². The zero-order valence-corrected chi connectivity index (χ0v) is 9.98. The van der Waals surface area contributed by atoms with Gasteiger partial charge in [-0.05, 0) is 25.7 Å². The smallest absolute Gasteiger partial charge is 0.332 e. The molecule has 1 saturated heterocycles. The first-order chi connectivity index (χ1) is 8.15. The molecule has 1 rings (SSSR count). The highest BCUT2D eigenvalue weighted by molar-refractivity contribution is 5.82. The number of carboxylic acids is 1. The molecule has 1 aliphatic rings. The van der Waals surface area contributed by atoms with E-state index in [1.165, 1.54) is 0 Å². The Morgan fingerprint density at radius 1 is 1.35 bits per heavy atom. The highest BCUT2D eigenvalue weighted by atomic mass is 16.5. The Morgan fingerprint density at radius 2 is 2.06 bits per heavy atom. The van der Waals surface area contributed by atoms with E-state index in [9.17, 15) is 9.59 Å². The van der Waals surface area contributed by atoms with E-state index < -0.39 is 18.2 Å². The molecule has 0 aromatic carbocycles. The lowest BCUT2D eigenvalue weighted by Crippen LogP contribution is -2.36. The molecule has 0 bridgehead atoms. The zero-order valence-electron chi connectivity index (χ0n) is 9.98. The van der Waals surface area contributed by atoms with E-state index in [0.717, 1.165) is 12.8 Å². The standard InChI is InChI=1S/C11H19NO5/c1-16-7-3-2-6-12-10(13)8-4-5-9(17-8)11(14)15/h8-9H,2-7H2,1H3,(H,12,13)(H,14,15). The van der Waals surface area contributed by atoms with Crippen LogP contribution in [-0.2, 0) is 19.1 Å².